The monoisotopic (exact) mass is 159 g/mol. The van der Waals surface area contributed by atoms with Crippen LogP contribution in [0.25, 0.3) is 0 Å². The molecule has 0 aromatic heterocycles. The van der Waals surface area contributed by atoms with Crippen molar-refractivity contribution < 1.29 is 14.3 Å². The van der Waals surface area contributed by atoms with Crippen molar-refractivity contribution in [3.8, 4) is 0 Å². The summed E-state index contributed by atoms with van der Waals surface area (Å²) in [6.07, 6.45) is 0. The number of carbonyl (C=O) groups is 1. The van der Waals surface area contributed by atoms with Gasteiger partial charge >= 0.3 is 0 Å². The highest BCUT2D eigenvalue weighted by molar-refractivity contribution is 5.76. The summed E-state index contributed by atoms with van der Waals surface area (Å²) in [4.78, 5) is 10.6. The highest BCUT2D eigenvalue weighted by Gasteiger charge is 2.30. The Hall–Kier alpha value is -0.610. The molecule has 1 saturated heterocycles. The molecule has 1 aliphatic rings. The first kappa shape index (κ1) is 8.49. The molecule has 1 aliphatic heterocycles. The summed E-state index contributed by atoms with van der Waals surface area (Å²) in [7, 11) is 0. The van der Waals surface area contributed by atoms with E-state index >= 15 is 0 Å². The van der Waals surface area contributed by atoms with E-state index in [1.165, 1.54) is 0 Å². The van der Waals surface area contributed by atoms with E-state index in [1.807, 2.05) is 13.8 Å². The fourth-order valence-electron chi connectivity index (χ4n) is 0.857. The minimum Gasteiger partial charge on any atom is -0.369 e. The highest BCUT2D eigenvalue weighted by Crippen LogP contribution is 2.19. The van der Waals surface area contributed by atoms with Crippen LogP contribution in [0.4, 0.5) is 0 Å². The van der Waals surface area contributed by atoms with Gasteiger partial charge in [0.1, 0.15) is 0 Å². The molecular weight excluding hydrogens is 146 g/mol. The van der Waals surface area contributed by atoms with Gasteiger partial charge in [0.15, 0.2) is 5.79 Å². The molecule has 1 rings (SSSR count). The molecule has 1 fully saturated rings. The second-order valence-electron chi connectivity index (χ2n) is 3.12. The molecule has 0 spiro atoms. The number of ether oxygens (including phenoxy) is 2. The zero-order chi connectivity index (χ0) is 8.48. The fraction of sp³-hybridized carbons (Fsp3) is 0.857. The number of carbonyl (C=O) groups excluding carboxylic acids is 1. The van der Waals surface area contributed by atoms with Gasteiger partial charge in [0.25, 0.3) is 0 Å². The van der Waals surface area contributed by atoms with Crippen molar-refractivity contribution in [1.82, 2.24) is 0 Å². The van der Waals surface area contributed by atoms with Crippen molar-refractivity contribution in [2.75, 3.05) is 13.2 Å². The highest BCUT2D eigenvalue weighted by atomic mass is 16.7. The molecule has 1 heterocycles. The zero-order valence-corrected chi connectivity index (χ0v) is 6.79. The van der Waals surface area contributed by atoms with E-state index in [0.717, 1.165) is 0 Å². The average Bonchev–Trinajstić information content (AvgIpc) is 1.86. The molecule has 0 atom stereocenters. The molecule has 0 aromatic carbocycles. The van der Waals surface area contributed by atoms with Crippen molar-refractivity contribution >= 4 is 5.91 Å². The van der Waals surface area contributed by atoms with Crippen molar-refractivity contribution in [3.05, 3.63) is 0 Å². The summed E-state index contributed by atoms with van der Waals surface area (Å²) in [6, 6.07) is 0. The molecule has 2 N–H and O–H groups in total. The molecule has 0 aliphatic carbocycles. The summed E-state index contributed by atoms with van der Waals surface area (Å²) in [5.74, 6) is -1.21. The lowest BCUT2D eigenvalue weighted by Crippen LogP contribution is -2.44. The second kappa shape index (κ2) is 2.79. The van der Waals surface area contributed by atoms with Gasteiger partial charge in [0.2, 0.25) is 5.91 Å². The lowest BCUT2D eigenvalue weighted by molar-refractivity contribution is -0.258. The molecular formula is C7H13NO3. The fourth-order valence-corrected chi connectivity index (χ4v) is 0.857. The van der Waals surface area contributed by atoms with Gasteiger partial charge in [-0.2, -0.15) is 0 Å². The standard InChI is InChI=1S/C7H13NO3/c1-7(2)10-3-5(4-11-7)6(8)9/h5H,3-4H2,1-2H3,(H2,8,9). The molecule has 0 radical (unpaired) electrons. The van der Waals surface area contributed by atoms with E-state index in [9.17, 15) is 4.79 Å². The maximum atomic E-state index is 10.6. The van der Waals surface area contributed by atoms with Gasteiger partial charge in [-0.15, -0.1) is 0 Å². The number of rotatable bonds is 1. The van der Waals surface area contributed by atoms with Gasteiger partial charge in [-0.3, -0.25) is 4.79 Å². The van der Waals surface area contributed by atoms with E-state index in [1.54, 1.807) is 0 Å². The maximum Gasteiger partial charge on any atom is 0.225 e. The smallest absolute Gasteiger partial charge is 0.225 e. The third-order valence-corrected chi connectivity index (χ3v) is 1.67. The Bertz CT molecular complexity index is 157. The van der Waals surface area contributed by atoms with Gasteiger partial charge in [0, 0.05) is 0 Å². The number of nitrogens with two attached hydrogens (primary N) is 1. The van der Waals surface area contributed by atoms with Crippen LogP contribution in [0.3, 0.4) is 0 Å². The van der Waals surface area contributed by atoms with Gasteiger partial charge in [-0.05, 0) is 13.8 Å². The van der Waals surface area contributed by atoms with Gasteiger partial charge in [-0.1, -0.05) is 0 Å². The normalized spacial score (nSPS) is 24.9. The van der Waals surface area contributed by atoms with Gasteiger partial charge < -0.3 is 15.2 Å². The van der Waals surface area contributed by atoms with E-state index in [4.69, 9.17) is 15.2 Å². The predicted molar refractivity (Wildman–Crippen MR) is 38.7 cm³/mol. The lowest BCUT2D eigenvalue weighted by atomic mass is 10.1. The van der Waals surface area contributed by atoms with E-state index in [2.05, 4.69) is 0 Å². The van der Waals surface area contributed by atoms with Crippen molar-refractivity contribution in [3.63, 3.8) is 0 Å². The Labute approximate surface area is 65.7 Å². The summed E-state index contributed by atoms with van der Waals surface area (Å²) in [6.45, 7) is 4.35. The molecule has 64 valence electrons. The van der Waals surface area contributed by atoms with Crippen LogP contribution >= 0.6 is 0 Å². The predicted octanol–water partition coefficient (Wildman–Crippen LogP) is -0.129. The Morgan fingerprint density at radius 2 is 1.91 bits per heavy atom. The van der Waals surface area contributed by atoms with Crippen molar-refractivity contribution in [2.24, 2.45) is 11.7 Å². The number of primary amides is 1. The molecule has 11 heavy (non-hydrogen) atoms. The Morgan fingerprint density at radius 3 is 2.27 bits per heavy atom. The average molecular weight is 159 g/mol. The van der Waals surface area contributed by atoms with Crippen LogP contribution in [0.2, 0.25) is 0 Å². The summed E-state index contributed by atoms with van der Waals surface area (Å²) < 4.78 is 10.4. The van der Waals surface area contributed by atoms with Crippen LogP contribution in [0.1, 0.15) is 13.8 Å². The molecule has 1 amide bonds. The van der Waals surface area contributed by atoms with Crippen LogP contribution in [0, 0.1) is 5.92 Å². The third kappa shape index (κ3) is 2.17. The molecule has 0 saturated carbocycles. The van der Waals surface area contributed by atoms with Gasteiger partial charge in [-0.25, -0.2) is 0 Å². The first-order chi connectivity index (χ1) is 5.01. The zero-order valence-electron chi connectivity index (χ0n) is 6.79. The minimum absolute atomic E-state index is 0.289. The van der Waals surface area contributed by atoms with Crippen molar-refractivity contribution in [2.45, 2.75) is 19.6 Å². The first-order valence-electron chi connectivity index (χ1n) is 3.58. The second-order valence-corrected chi connectivity index (χ2v) is 3.12. The summed E-state index contributed by atoms with van der Waals surface area (Å²) in [5, 5.41) is 0. The largest absolute Gasteiger partial charge is 0.369 e. The first-order valence-corrected chi connectivity index (χ1v) is 3.58. The topological polar surface area (TPSA) is 61.5 Å². The molecule has 0 bridgehead atoms. The summed E-state index contributed by atoms with van der Waals surface area (Å²) in [5.41, 5.74) is 5.06. The Kier molecular flexibility index (Phi) is 2.15. The minimum atomic E-state index is -0.564. The van der Waals surface area contributed by atoms with Crippen LogP contribution < -0.4 is 5.73 Å². The number of amides is 1. The van der Waals surface area contributed by atoms with Gasteiger partial charge in [0.05, 0.1) is 19.1 Å². The molecule has 0 unspecified atom stereocenters. The Morgan fingerprint density at radius 1 is 1.45 bits per heavy atom. The third-order valence-electron chi connectivity index (χ3n) is 1.67. The SMILES string of the molecule is CC1(C)OCC(C(N)=O)CO1. The van der Waals surface area contributed by atoms with Crippen LogP contribution in [0.15, 0.2) is 0 Å². The maximum absolute atomic E-state index is 10.6. The lowest BCUT2D eigenvalue weighted by Gasteiger charge is -2.33. The summed E-state index contributed by atoms with van der Waals surface area (Å²) >= 11 is 0. The van der Waals surface area contributed by atoms with Crippen LogP contribution in [-0.4, -0.2) is 24.9 Å². The number of hydrogen-bond acceptors (Lipinski definition) is 3. The molecule has 0 aromatic rings. The van der Waals surface area contributed by atoms with Crippen LogP contribution in [-0.2, 0) is 14.3 Å². The Balaban J connectivity index is 2.42. The molecule has 4 nitrogen and oxygen atoms in total. The van der Waals surface area contributed by atoms with E-state index < -0.39 is 5.79 Å². The van der Waals surface area contributed by atoms with Crippen molar-refractivity contribution in [1.29, 1.82) is 0 Å². The van der Waals surface area contributed by atoms with E-state index in [-0.39, 0.29) is 11.8 Å². The number of hydrogen-bond donors (Lipinski definition) is 1. The quantitative estimate of drug-likeness (QED) is 0.579. The molecule has 4 heteroatoms. The van der Waals surface area contributed by atoms with Crippen LogP contribution in [0.5, 0.6) is 0 Å². The van der Waals surface area contributed by atoms with E-state index in [0.29, 0.717) is 13.2 Å².